The minimum Gasteiger partial charge on any atom is -0.381 e. The summed E-state index contributed by atoms with van der Waals surface area (Å²) in [4.78, 5) is 14.0. The molecular weight excluding hydrogens is 316 g/mol. The zero-order chi connectivity index (χ0) is 15.8. The van der Waals surface area contributed by atoms with Crippen LogP contribution in [0.25, 0.3) is 0 Å². The third kappa shape index (κ3) is 6.47. The molecule has 0 aliphatic carbocycles. The number of hydrogen-bond acceptors (Lipinski definition) is 4. The number of likely N-dealkylation sites (N-methyl/N-ethyl adjacent to an activating group) is 1. The van der Waals surface area contributed by atoms with Crippen molar-refractivity contribution in [1.29, 1.82) is 0 Å². The van der Waals surface area contributed by atoms with Crippen molar-refractivity contribution in [3.8, 4) is 0 Å². The molecule has 1 unspecified atom stereocenters. The molecule has 1 heterocycles. The van der Waals surface area contributed by atoms with Crippen molar-refractivity contribution in [1.82, 2.24) is 4.90 Å². The van der Waals surface area contributed by atoms with Gasteiger partial charge in [-0.15, -0.1) is 12.4 Å². The van der Waals surface area contributed by atoms with Crippen molar-refractivity contribution < 1.29 is 14.3 Å². The second-order valence-corrected chi connectivity index (χ2v) is 5.77. The standard InChI is InChI=1S/C17H26N2O3.ClH/c1-19(9-12-22-13-14-5-3-2-4-6-14)17(20)16(18)15-7-10-21-11-8-15;/h2-6,15-16H,7-13,18H2,1H3;1H. The molecule has 130 valence electrons. The van der Waals surface area contributed by atoms with Crippen LogP contribution in [0.1, 0.15) is 18.4 Å². The lowest BCUT2D eigenvalue weighted by Gasteiger charge is -2.29. The smallest absolute Gasteiger partial charge is 0.239 e. The molecule has 1 atom stereocenters. The predicted molar refractivity (Wildman–Crippen MR) is 92.5 cm³/mol. The quantitative estimate of drug-likeness (QED) is 0.768. The molecule has 2 rings (SSSR count). The molecule has 5 nitrogen and oxygen atoms in total. The molecule has 1 aliphatic heterocycles. The number of ether oxygens (including phenoxy) is 2. The first kappa shape index (κ1) is 19.9. The van der Waals surface area contributed by atoms with Crippen molar-refractivity contribution >= 4 is 18.3 Å². The molecule has 0 saturated carbocycles. The lowest BCUT2D eigenvalue weighted by atomic mass is 9.91. The fourth-order valence-electron chi connectivity index (χ4n) is 2.61. The van der Waals surface area contributed by atoms with Crippen LogP contribution in [0.15, 0.2) is 30.3 Å². The fourth-order valence-corrected chi connectivity index (χ4v) is 2.61. The summed E-state index contributed by atoms with van der Waals surface area (Å²) in [5.74, 6) is 0.226. The Morgan fingerprint density at radius 3 is 2.65 bits per heavy atom. The highest BCUT2D eigenvalue weighted by Crippen LogP contribution is 2.18. The molecule has 0 spiro atoms. The Hall–Kier alpha value is -1.14. The van der Waals surface area contributed by atoms with Gasteiger partial charge in [0.1, 0.15) is 0 Å². The van der Waals surface area contributed by atoms with Crippen LogP contribution < -0.4 is 5.73 Å². The molecule has 0 aromatic heterocycles. The second-order valence-electron chi connectivity index (χ2n) is 5.77. The van der Waals surface area contributed by atoms with E-state index in [4.69, 9.17) is 15.2 Å². The summed E-state index contributed by atoms with van der Waals surface area (Å²) in [6.45, 7) is 3.04. The third-order valence-electron chi connectivity index (χ3n) is 4.12. The molecule has 2 N–H and O–H groups in total. The summed E-state index contributed by atoms with van der Waals surface area (Å²) >= 11 is 0. The Kier molecular flexibility index (Phi) is 9.17. The van der Waals surface area contributed by atoms with Crippen LogP contribution in [-0.2, 0) is 20.9 Å². The van der Waals surface area contributed by atoms with Crippen molar-refractivity contribution in [3.63, 3.8) is 0 Å². The number of benzene rings is 1. The highest BCUT2D eigenvalue weighted by Gasteiger charge is 2.28. The van der Waals surface area contributed by atoms with Crippen LogP contribution in [0.2, 0.25) is 0 Å². The van der Waals surface area contributed by atoms with Gasteiger partial charge in [-0.25, -0.2) is 0 Å². The first-order chi connectivity index (χ1) is 10.7. The maximum absolute atomic E-state index is 12.3. The average molecular weight is 343 g/mol. The number of amides is 1. The molecule has 1 saturated heterocycles. The Bertz CT molecular complexity index is 452. The number of nitrogens with two attached hydrogens (primary N) is 1. The summed E-state index contributed by atoms with van der Waals surface area (Å²) in [7, 11) is 1.79. The molecule has 0 bridgehead atoms. The van der Waals surface area contributed by atoms with E-state index in [1.165, 1.54) is 0 Å². The van der Waals surface area contributed by atoms with Gasteiger partial charge < -0.3 is 20.1 Å². The SMILES string of the molecule is CN(CCOCc1ccccc1)C(=O)C(N)C1CCOCC1.Cl. The normalized spacial score (nSPS) is 16.4. The van der Waals surface area contributed by atoms with Crippen LogP contribution >= 0.6 is 12.4 Å². The highest BCUT2D eigenvalue weighted by molar-refractivity contribution is 5.85. The number of rotatable bonds is 7. The molecular formula is C17H27ClN2O3. The monoisotopic (exact) mass is 342 g/mol. The van der Waals surface area contributed by atoms with E-state index in [9.17, 15) is 4.79 Å². The van der Waals surface area contributed by atoms with E-state index < -0.39 is 6.04 Å². The molecule has 6 heteroatoms. The summed E-state index contributed by atoms with van der Waals surface area (Å²) in [5.41, 5.74) is 7.24. The maximum atomic E-state index is 12.3. The second kappa shape index (κ2) is 10.6. The maximum Gasteiger partial charge on any atom is 0.239 e. The summed E-state index contributed by atoms with van der Waals surface area (Å²) in [6, 6.07) is 9.57. The Morgan fingerprint density at radius 2 is 2.00 bits per heavy atom. The number of hydrogen-bond donors (Lipinski definition) is 1. The van der Waals surface area contributed by atoms with Gasteiger partial charge >= 0.3 is 0 Å². The van der Waals surface area contributed by atoms with Crippen LogP contribution in [0.5, 0.6) is 0 Å². The number of carbonyl (C=O) groups is 1. The van der Waals surface area contributed by atoms with E-state index in [0.717, 1.165) is 18.4 Å². The number of carbonyl (C=O) groups excluding carboxylic acids is 1. The number of halogens is 1. The van der Waals surface area contributed by atoms with E-state index in [1.807, 2.05) is 30.3 Å². The molecule has 1 aromatic rings. The highest BCUT2D eigenvalue weighted by atomic mass is 35.5. The van der Waals surface area contributed by atoms with Crippen molar-refractivity contribution in [2.45, 2.75) is 25.5 Å². The van der Waals surface area contributed by atoms with E-state index >= 15 is 0 Å². The van der Waals surface area contributed by atoms with Gasteiger partial charge in [-0.3, -0.25) is 4.79 Å². The Balaban J connectivity index is 0.00000264. The molecule has 1 fully saturated rings. The van der Waals surface area contributed by atoms with Crippen molar-refractivity contribution in [2.24, 2.45) is 11.7 Å². The first-order valence-electron chi connectivity index (χ1n) is 7.88. The minimum absolute atomic E-state index is 0. The lowest BCUT2D eigenvalue weighted by molar-refractivity contribution is -0.134. The van der Waals surface area contributed by atoms with Crippen molar-refractivity contribution in [3.05, 3.63) is 35.9 Å². The zero-order valence-corrected chi connectivity index (χ0v) is 14.5. The van der Waals surface area contributed by atoms with Gasteiger partial charge in [-0.05, 0) is 24.3 Å². The minimum atomic E-state index is -0.428. The lowest BCUT2D eigenvalue weighted by Crippen LogP contribution is -2.48. The summed E-state index contributed by atoms with van der Waals surface area (Å²) < 4.78 is 10.9. The van der Waals surface area contributed by atoms with Crippen LogP contribution in [0.3, 0.4) is 0 Å². The van der Waals surface area contributed by atoms with Gasteiger partial charge in [0.05, 0.1) is 19.3 Å². The Labute approximate surface area is 144 Å². The van der Waals surface area contributed by atoms with Gasteiger partial charge in [0.15, 0.2) is 0 Å². The third-order valence-corrected chi connectivity index (χ3v) is 4.12. The Morgan fingerprint density at radius 1 is 1.35 bits per heavy atom. The fraction of sp³-hybridized carbons (Fsp3) is 0.588. The number of nitrogens with zero attached hydrogens (tertiary/aromatic N) is 1. The molecule has 1 amide bonds. The van der Waals surface area contributed by atoms with E-state index in [0.29, 0.717) is 33.0 Å². The van der Waals surface area contributed by atoms with Gasteiger partial charge in [0.2, 0.25) is 5.91 Å². The van der Waals surface area contributed by atoms with Gasteiger partial charge in [0, 0.05) is 26.8 Å². The topological polar surface area (TPSA) is 64.8 Å². The van der Waals surface area contributed by atoms with E-state index in [2.05, 4.69) is 0 Å². The van der Waals surface area contributed by atoms with E-state index in [-0.39, 0.29) is 24.2 Å². The first-order valence-corrected chi connectivity index (χ1v) is 7.88. The van der Waals surface area contributed by atoms with Gasteiger partial charge in [0.25, 0.3) is 0 Å². The van der Waals surface area contributed by atoms with Gasteiger partial charge in [-0.2, -0.15) is 0 Å². The molecule has 1 aliphatic rings. The molecule has 23 heavy (non-hydrogen) atoms. The van der Waals surface area contributed by atoms with Crippen LogP contribution in [0.4, 0.5) is 0 Å². The molecule has 0 radical (unpaired) electrons. The van der Waals surface area contributed by atoms with Gasteiger partial charge in [-0.1, -0.05) is 30.3 Å². The summed E-state index contributed by atoms with van der Waals surface area (Å²) in [6.07, 6.45) is 1.73. The van der Waals surface area contributed by atoms with E-state index in [1.54, 1.807) is 11.9 Å². The van der Waals surface area contributed by atoms with Crippen molar-refractivity contribution in [2.75, 3.05) is 33.4 Å². The average Bonchev–Trinajstić information content (AvgIpc) is 2.59. The van der Waals surface area contributed by atoms with Crippen LogP contribution in [0, 0.1) is 5.92 Å². The zero-order valence-electron chi connectivity index (χ0n) is 13.6. The largest absolute Gasteiger partial charge is 0.381 e. The molecule has 1 aromatic carbocycles. The summed E-state index contributed by atoms with van der Waals surface area (Å²) in [5, 5.41) is 0. The van der Waals surface area contributed by atoms with Crippen LogP contribution in [-0.4, -0.2) is 50.3 Å². The predicted octanol–water partition coefficient (Wildman–Crippen LogP) is 1.84.